The fourth-order valence-corrected chi connectivity index (χ4v) is 4.15. The quantitative estimate of drug-likeness (QED) is 0.179. The van der Waals surface area contributed by atoms with E-state index in [0.29, 0.717) is 25.7 Å². The van der Waals surface area contributed by atoms with E-state index >= 15 is 0 Å². The topological polar surface area (TPSA) is 91.3 Å². The number of esters is 2. The van der Waals surface area contributed by atoms with Crippen molar-refractivity contribution in [1.82, 2.24) is 0 Å². The Morgan fingerprint density at radius 3 is 1.93 bits per heavy atom. The number of halogens is 5. The van der Waals surface area contributed by atoms with Crippen LogP contribution in [0.25, 0.3) is 0 Å². The second-order valence-corrected chi connectivity index (χ2v) is 8.19. The van der Waals surface area contributed by atoms with Crippen molar-refractivity contribution in [3.63, 3.8) is 0 Å². The van der Waals surface area contributed by atoms with Gasteiger partial charge in [0.2, 0.25) is 0 Å². The Labute approximate surface area is 173 Å². The van der Waals surface area contributed by atoms with Gasteiger partial charge < -0.3 is 9.47 Å². The molecule has 0 bridgehead atoms. The molecular formula is C17H23F5O7S. The van der Waals surface area contributed by atoms with Crippen LogP contribution in [0.1, 0.15) is 57.8 Å². The Kier molecular flexibility index (Phi) is 9.13. The molecule has 0 aromatic carbocycles. The molecule has 0 amide bonds. The first-order valence-corrected chi connectivity index (χ1v) is 10.3. The molecule has 30 heavy (non-hydrogen) atoms. The Hall–Kier alpha value is -1.18. The van der Waals surface area contributed by atoms with E-state index in [0.717, 1.165) is 19.3 Å². The minimum absolute atomic E-state index is 0.0167. The van der Waals surface area contributed by atoms with Gasteiger partial charge in [-0.2, -0.15) is 22.0 Å². The summed E-state index contributed by atoms with van der Waals surface area (Å²) < 4.78 is 79.9. The van der Waals surface area contributed by atoms with Crippen molar-refractivity contribution in [2.24, 2.45) is 11.8 Å². The molecule has 7 nitrogen and oxygen atoms in total. The summed E-state index contributed by atoms with van der Waals surface area (Å²) in [6.07, 6.45) is -4.53. The van der Waals surface area contributed by atoms with Gasteiger partial charge >= 0.3 is 23.4 Å². The first-order chi connectivity index (χ1) is 14.1. The van der Waals surface area contributed by atoms with Crippen LogP contribution in [-0.4, -0.2) is 40.8 Å². The van der Waals surface area contributed by atoms with Gasteiger partial charge in [-0.3, -0.25) is 9.59 Å². The molecular weight excluding hydrogens is 443 g/mol. The summed E-state index contributed by atoms with van der Waals surface area (Å²) in [4.78, 5) is 24.9. The molecule has 0 spiro atoms. The van der Waals surface area contributed by atoms with Gasteiger partial charge in [0.05, 0.1) is 11.8 Å². The van der Waals surface area contributed by atoms with Crippen molar-refractivity contribution in [3.8, 4) is 0 Å². The highest BCUT2D eigenvalue weighted by Crippen LogP contribution is 2.44. The fraction of sp³-hybridized carbons (Fsp3) is 0.882. The molecule has 3 unspecified atom stereocenters. The zero-order valence-corrected chi connectivity index (χ0v) is 16.7. The molecule has 2 aliphatic rings. The predicted octanol–water partition coefficient (Wildman–Crippen LogP) is 4.81. The van der Waals surface area contributed by atoms with E-state index in [9.17, 15) is 31.5 Å². The Morgan fingerprint density at radius 1 is 0.867 bits per heavy atom. The van der Waals surface area contributed by atoms with E-state index in [1.807, 2.05) is 0 Å². The lowest BCUT2D eigenvalue weighted by Crippen LogP contribution is -2.48. The summed E-state index contributed by atoms with van der Waals surface area (Å²) in [5.41, 5.74) is 0. The molecule has 174 valence electrons. The van der Waals surface area contributed by atoms with E-state index in [-0.39, 0.29) is 18.9 Å². The van der Waals surface area contributed by atoms with Crippen LogP contribution in [0.4, 0.5) is 22.0 Å². The summed E-state index contributed by atoms with van der Waals surface area (Å²) in [5.74, 6) is -4.66. The smallest absolute Gasteiger partial charge is 0.432 e. The number of alkyl halides is 5. The molecule has 2 fully saturated rings. The zero-order valence-electron chi connectivity index (χ0n) is 15.9. The molecule has 0 heterocycles. The normalized spacial score (nSPS) is 24.9. The average molecular weight is 466 g/mol. The van der Waals surface area contributed by atoms with Crippen molar-refractivity contribution in [2.75, 3.05) is 0 Å². The lowest BCUT2D eigenvalue weighted by atomic mass is 9.79. The summed E-state index contributed by atoms with van der Waals surface area (Å²) in [7, 11) is 0. The van der Waals surface area contributed by atoms with Gasteiger partial charge in [0, 0.05) is 0 Å². The second-order valence-electron chi connectivity index (χ2n) is 7.34. The molecule has 0 aromatic heterocycles. The zero-order chi connectivity index (χ0) is 22.4. The van der Waals surface area contributed by atoms with Gasteiger partial charge in [0.15, 0.2) is 0 Å². The van der Waals surface area contributed by atoms with Crippen molar-refractivity contribution >= 4 is 24.0 Å². The highest BCUT2D eigenvalue weighted by Gasteiger charge is 2.61. The van der Waals surface area contributed by atoms with Gasteiger partial charge in [0.25, 0.3) is 6.10 Å². The van der Waals surface area contributed by atoms with Crippen LogP contribution >= 0.6 is 12.0 Å². The summed E-state index contributed by atoms with van der Waals surface area (Å²) in [6.45, 7) is 0. The van der Waals surface area contributed by atoms with Gasteiger partial charge in [-0.15, -0.1) is 4.33 Å². The number of carbonyl (C=O) groups excluding carboxylic acids is 2. The molecule has 3 atom stereocenters. The average Bonchev–Trinajstić information content (AvgIpc) is 2.70. The third kappa shape index (κ3) is 6.92. The number of carbonyl (C=O) groups is 2. The van der Waals surface area contributed by atoms with Gasteiger partial charge in [-0.05, 0) is 38.5 Å². The summed E-state index contributed by atoms with van der Waals surface area (Å²) in [5, 5.41) is 5.99. The molecule has 1 N–H and O–H groups in total. The second kappa shape index (κ2) is 10.9. The number of rotatable bonds is 8. The van der Waals surface area contributed by atoms with Crippen LogP contribution in [-0.2, 0) is 28.4 Å². The highest BCUT2D eigenvalue weighted by molar-refractivity contribution is 7.95. The standard InChI is InChI=1S/C17H23F5O7S/c18-16(19,20)15(17(21,22)30-29-28-25)27-14(24)12-9-5-4-8-11(12)13(23)26-10-6-2-1-3-7-10/h10-12,15,25H,1-9H2. The molecule has 13 heteroatoms. The first kappa shape index (κ1) is 25.1. The van der Waals surface area contributed by atoms with Gasteiger partial charge in [-0.25, -0.2) is 5.26 Å². The Balaban J connectivity index is 2.09. The largest absolute Gasteiger partial charge is 0.462 e. The molecule has 0 radical (unpaired) electrons. The van der Waals surface area contributed by atoms with E-state index in [4.69, 9.17) is 9.99 Å². The molecule has 0 aromatic rings. The van der Waals surface area contributed by atoms with E-state index in [1.54, 1.807) is 0 Å². The lowest BCUT2D eigenvalue weighted by molar-refractivity contribution is -0.434. The predicted molar refractivity (Wildman–Crippen MR) is 91.7 cm³/mol. The summed E-state index contributed by atoms with van der Waals surface area (Å²) in [6, 6.07) is 0. The first-order valence-electron chi connectivity index (χ1n) is 9.57. The van der Waals surface area contributed by atoms with E-state index in [1.165, 1.54) is 0 Å². The monoisotopic (exact) mass is 466 g/mol. The van der Waals surface area contributed by atoms with Crippen LogP contribution < -0.4 is 0 Å². The van der Waals surface area contributed by atoms with Crippen LogP contribution in [0.2, 0.25) is 0 Å². The minimum Gasteiger partial charge on any atom is -0.462 e. The third-order valence-corrected chi connectivity index (χ3v) is 5.78. The number of hydrogen-bond acceptors (Lipinski definition) is 8. The Morgan fingerprint density at radius 2 is 1.40 bits per heavy atom. The van der Waals surface area contributed by atoms with Crippen LogP contribution in [0.5, 0.6) is 0 Å². The molecule has 0 aliphatic heterocycles. The Bertz CT molecular complexity index is 583. The third-order valence-electron chi connectivity index (χ3n) is 5.22. The van der Waals surface area contributed by atoms with Crippen molar-refractivity contribution in [3.05, 3.63) is 0 Å². The lowest BCUT2D eigenvalue weighted by Gasteiger charge is -2.33. The van der Waals surface area contributed by atoms with E-state index < -0.39 is 53.4 Å². The summed E-state index contributed by atoms with van der Waals surface area (Å²) >= 11 is -1.16. The van der Waals surface area contributed by atoms with Crippen LogP contribution in [0.3, 0.4) is 0 Å². The van der Waals surface area contributed by atoms with E-state index in [2.05, 4.69) is 14.1 Å². The molecule has 2 saturated carbocycles. The molecule has 2 aliphatic carbocycles. The molecule has 2 rings (SSSR count). The van der Waals surface area contributed by atoms with Gasteiger partial charge in [0.1, 0.15) is 18.1 Å². The maximum Gasteiger partial charge on any atom is 0.432 e. The number of ether oxygens (including phenoxy) is 2. The molecule has 0 saturated heterocycles. The fourth-order valence-electron chi connectivity index (χ4n) is 3.76. The van der Waals surface area contributed by atoms with Crippen molar-refractivity contribution < 1.29 is 55.6 Å². The van der Waals surface area contributed by atoms with Crippen molar-refractivity contribution in [2.45, 2.75) is 81.4 Å². The van der Waals surface area contributed by atoms with Crippen molar-refractivity contribution in [1.29, 1.82) is 0 Å². The minimum atomic E-state index is -5.64. The maximum absolute atomic E-state index is 13.8. The van der Waals surface area contributed by atoms with Gasteiger partial charge in [-0.1, -0.05) is 24.3 Å². The highest BCUT2D eigenvalue weighted by atomic mass is 32.2. The SMILES string of the molecule is O=C(OC1CCCCC1)C1CCCCC1C(=O)OC(C(F)(F)F)C(F)(F)SOOO. The van der Waals surface area contributed by atoms with Crippen LogP contribution in [0, 0.1) is 11.8 Å². The van der Waals surface area contributed by atoms with Crippen LogP contribution in [0.15, 0.2) is 0 Å². The number of hydrogen-bond donors (Lipinski definition) is 1. The maximum atomic E-state index is 13.8.